The molecular formula is C22H23F3N2O4. The molecule has 9 heteroatoms. The van der Waals surface area contributed by atoms with Gasteiger partial charge >= 0.3 is 12.1 Å². The molecular weight excluding hydrogens is 413 g/mol. The minimum absolute atomic E-state index is 0.0262. The van der Waals surface area contributed by atoms with E-state index in [1.165, 1.54) is 41.4 Å². The minimum Gasteiger partial charge on any atom is -0.619 e. The predicted octanol–water partition coefficient (Wildman–Crippen LogP) is 3.37. The van der Waals surface area contributed by atoms with Gasteiger partial charge in [-0.1, -0.05) is 18.2 Å². The van der Waals surface area contributed by atoms with Crippen molar-refractivity contribution in [2.45, 2.75) is 32.4 Å². The Hall–Kier alpha value is -3.10. The molecule has 1 aliphatic rings. The van der Waals surface area contributed by atoms with Gasteiger partial charge in [0, 0.05) is 19.2 Å². The number of alkyl halides is 3. The highest BCUT2D eigenvalue weighted by Gasteiger charge is 2.45. The highest BCUT2D eigenvalue weighted by molar-refractivity contribution is 5.94. The fourth-order valence-corrected chi connectivity index (χ4v) is 3.95. The maximum atomic E-state index is 13.5. The van der Waals surface area contributed by atoms with Crippen molar-refractivity contribution in [3.63, 3.8) is 0 Å². The van der Waals surface area contributed by atoms with Crippen LogP contribution in [0.25, 0.3) is 0 Å². The number of hydrogen-bond acceptors (Lipinski definition) is 4. The summed E-state index contributed by atoms with van der Waals surface area (Å²) in [5.74, 6) is -0.922. The first-order chi connectivity index (χ1) is 14.7. The van der Waals surface area contributed by atoms with Crippen LogP contribution in [-0.4, -0.2) is 36.5 Å². The van der Waals surface area contributed by atoms with Crippen LogP contribution in [0, 0.1) is 10.6 Å². The first-order valence-electron chi connectivity index (χ1n) is 9.97. The van der Waals surface area contributed by atoms with E-state index < -0.39 is 23.1 Å². The number of aromatic nitrogens is 1. The van der Waals surface area contributed by atoms with Gasteiger partial charge in [0.1, 0.15) is 5.56 Å². The number of benzene rings is 1. The number of hydrogen-bond donors (Lipinski definition) is 0. The van der Waals surface area contributed by atoms with Gasteiger partial charge in [0.05, 0.1) is 17.6 Å². The van der Waals surface area contributed by atoms with Crippen molar-refractivity contribution in [3.8, 4) is 0 Å². The lowest BCUT2D eigenvalue weighted by atomic mass is 9.73. The Bertz CT molecular complexity index is 954. The molecule has 1 fully saturated rings. The molecule has 1 amide bonds. The molecule has 3 rings (SSSR count). The van der Waals surface area contributed by atoms with Crippen LogP contribution in [0.3, 0.4) is 0 Å². The third kappa shape index (κ3) is 4.98. The number of amides is 1. The summed E-state index contributed by atoms with van der Waals surface area (Å²) < 4.78 is 46.1. The number of carbonyl (C=O) groups excluding carboxylic acids is 2. The number of esters is 1. The van der Waals surface area contributed by atoms with Gasteiger partial charge in [-0.15, -0.1) is 0 Å². The molecule has 0 radical (unpaired) electrons. The molecule has 6 nitrogen and oxygen atoms in total. The van der Waals surface area contributed by atoms with Crippen molar-refractivity contribution in [1.82, 2.24) is 4.90 Å². The van der Waals surface area contributed by atoms with Gasteiger partial charge < -0.3 is 14.8 Å². The summed E-state index contributed by atoms with van der Waals surface area (Å²) in [4.78, 5) is 27.0. The summed E-state index contributed by atoms with van der Waals surface area (Å²) in [6, 6.07) is 8.17. The highest BCUT2D eigenvalue weighted by Crippen LogP contribution is 2.40. The number of piperidine rings is 1. The van der Waals surface area contributed by atoms with Gasteiger partial charge in [0.25, 0.3) is 5.91 Å². The molecule has 0 aliphatic carbocycles. The van der Waals surface area contributed by atoms with Gasteiger partial charge in [-0.3, -0.25) is 9.59 Å². The largest absolute Gasteiger partial charge is 0.619 e. The van der Waals surface area contributed by atoms with Crippen LogP contribution >= 0.6 is 0 Å². The Morgan fingerprint density at radius 2 is 1.84 bits per heavy atom. The first kappa shape index (κ1) is 22.6. The molecule has 0 saturated carbocycles. The maximum absolute atomic E-state index is 13.5. The zero-order chi connectivity index (χ0) is 22.6. The smallest absolute Gasteiger partial charge is 0.416 e. The quantitative estimate of drug-likeness (QED) is 0.409. The Labute approximate surface area is 177 Å². The van der Waals surface area contributed by atoms with E-state index in [9.17, 15) is 28.0 Å². The van der Waals surface area contributed by atoms with Crippen LogP contribution in [0.4, 0.5) is 13.2 Å². The molecule has 0 bridgehead atoms. The average molecular weight is 436 g/mol. The second-order valence-electron chi connectivity index (χ2n) is 7.58. The summed E-state index contributed by atoms with van der Waals surface area (Å²) in [5.41, 5.74) is -1.70. The molecule has 1 aromatic carbocycles. The zero-order valence-electron chi connectivity index (χ0n) is 17.0. The lowest BCUT2D eigenvalue weighted by molar-refractivity contribution is -0.605. The van der Waals surface area contributed by atoms with Crippen LogP contribution in [0.5, 0.6) is 0 Å². The van der Waals surface area contributed by atoms with Gasteiger partial charge in [0.15, 0.2) is 12.4 Å². The monoisotopic (exact) mass is 436 g/mol. The van der Waals surface area contributed by atoms with Gasteiger partial charge in [-0.25, -0.2) is 0 Å². The number of rotatable bonds is 5. The van der Waals surface area contributed by atoms with E-state index in [2.05, 4.69) is 0 Å². The highest BCUT2D eigenvalue weighted by atomic mass is 19.4. The SMILES string of the molecule is CCOC(=O)C1(Cc2ccccc2C(F)(F)F)CCN(C(=O)c2ccc[n+]([O-])c2)CC1. The van der Waals surface area contributed by atoms with Crippen molar-refractivity contribution in [1.29, 1.82) is 0 Å². The van der Waals surface area contributed by atoms with Crippen molar-refractivity contribution in [2.24, 2.45) is 5.41 Å². The summed E-state index contributed by atoms with van der Waals surface area (Å²) in [7, 11) is 0. The molecule has 0 unspecified atom stereocenters. The Morgan fingerprint density at radius 3 is 2.45 bits per heavy atom. The molecule has 1 aliphatic heterocycles. The molecule has 2 aromatic rings. The number of likely N-dealkylation sites (tertiary alicyclic amines) is 1. The van der Waals surface area contributed by atoms with Crippen molar-refractivity contribution >= 4 is 11.9 Å². The number of carbonyl (C=O) groups is 2. The van der Waals surface area contributed by atoms with E-state index in [-0.39, 0.29) is 56.0 Å². The summed E-state index contributed by atoms with van der Waals surface area (Å²) in [5, 5.41) is 11.5. The molecule has 31 heavy (non-hydrogen) atoms. The molecule has 166 valence electrons. The van der Waals surface area contributed by atoms with Crippen LogP contribution < -0.4 is 4.73 Å². The Balaban J connectivity index is 1.84. The predicted molar refractivity (Wildman–Crippen MR) is 105 cm³/mol. The fourth-order valence-electron chi connectivity index (χ4n) is 3.95. The van der Waals surface area contributed by atoms with Crippen LogP contribution in [-0.2, 0) is 22.1 Å². The van der Waals surface area contributed by atoms with Gasteiger partial charge in [0.2, 0.25) is 0 Å². The lowest BCUT2D eigenvalue weighted by Gasteiger charge is -2.40. The third-order valence-corrected chi connectivity index (χ3v) is 5.59. The zero-order valence-corrected chi connectivity index (χ0v) is 17.0. The lowest BCUT2D eigenvalue weighted by Crippen LogP contribution is -2.48. The second kappa shape index (κ2) is 8.95. The van der Waals surface area contributed by atoms with Crippen molar-refractivity contribution < 1.29 is 32.2 Å². The number of ether oxygens (including phenoxy) is 1. The molecule has 1 saturated heterocycles. The fraction of sp³-hybridized carbons (Fsp3) is 0.409. The molecule has 0 spiro atoms. The van der Waals surface area contributed by atoms with Gasteiger partial charge in [-0.05, 0) is 43.9 Å². The van der Waals surface area contributed by atoms with E-state index in [1.807, 2.05) is 0 Å². The molecule has 1 aromatic heterocycles. The maximum Gasteiger partial charge on any atom is 0.416 e. The Kier molecular flexibility index (Phi) is 6.52. The molecule has 0 N–H and O–H groups in total. The second-order valence-corrected chi connectivity index (χ2v) is 7.58. The molecule has 2 heterocycles. The van der Waals surface area contributed by atoms with E-state index >= 15 is 0 Å². The van der Waals surface area contributed by atoms with E-state index in [4.69, 9.17) is 4.74 Å². The topological polar surface area (TPSA) is 73.5 Å². The minimum atomic E-state index is -4.54. The van der Waals surface area contributed by atoms with Crippen molar-refractivity contribution in [3.05, 3.63) is 70.7 Å². The third-order valence-electron chi connectivity index (χ3n) is 5.59. The Morgan fingerprint density at radius 1 is 1.16 bits per heavy atom. The van der Waals surface area contributed by atoms with E-state index in [1.54, 1.807) is 6.92 Å². The number of nitrogens with zero attached hydrogens (tertiary/aromatic N) is 2. The number of halogens is 3. The van der Waals surface area contributed by atoms with E-state index in [0.29, 0.717) is 4.73 Å². The standard InChI is InChI=1S/C22H23F3N2O4/c1-2-31-20(29)21(14-16-6-3-4-8-18(16)22(23,24)25)9-12-26(13-10-21)19(28)17-7-5-11-27(30)15-17/h3-8,11,15H,2,9-10,12-14H2,1H3. The van der Waals surface area contributed by atoms with Gasteiger partial charge in [-0.2, -0.15) is 17.9 Å². The summed E-state index contributed by atoms with van der Waals surface area (Å²) >= 11 is 0. The average Bonchev–Trinajstić information content (AvgIpc) is 2.73. The van der Waals surface area contributed by atoms with Crippen LogP contribution in [0.2, 0.25) is 0 Å². The van der Waals surface area contributed by atoms with Crippen LogP contribution in [0.15, 0.2) is 48.8 Å². The first-order valence-corrected chi connectivity index (χ1v) is 9.97. The van der Waals surface area contributed by atoms with Crippen molar-refractivity contribution in [2.75, 3.05) is 19.7 Å². The van der Waals surface area contributed by atoms with Crippen LogP contribution in [0.1, 0.15) is 41.3 Å². The van der Waals surface area contributed by atoms with E-state index in [0.717, 1.165) is 12.3 Å². The summed E-state index contributed by atoms with van der Waals surface area (Å²) in [6.45, 7) is 2.08. The summed E-state index contributed by atoms with van der Waals surface area (Å²) in [6.07, 6.45) is -1.92. The normalized spacial score (nSPS) is 16.1. The molecule has 0 atom stereocenters. The number of pyridine rings is 1.